The summed E-state index contributed by atoms with van der Waals surface area (Å²) in [6.45, 7) is 11.8. The van der Waals surface area contributed by atoms with Gasteiger partial charge in [0.1, 0.15) is 17.2 Å². The van der Waals surface area contributed by atoms with Crippen molar-refractivity contribution in [2.75, 3.05) is 32.2 Å². The predicted octanol–water partition coefficient (Wildman–Crippen LogP) is 9.01. The van der Waals surface area contributed by atoms with Crippen LogP contribution in [0, 0.1) is 31.6 Å². The smallest absolute Gasteiger partial charge is 0.230 e. The van der Waals surface area contributed by atoms with Crippen molar-refractivity contribution in [3.8, 4) is 17.2 Å². The van der Waals surface area contributed by atoms with Crippen LogP contribution in [0.25, 0.3) is 0 Å². The van der Waals surface area contributed by atoms with Crippen LogP contribution in [0.2, 0.25) is 0 Å². The molecule has 2 fully saturated rings. The summed E-state index contributed by atoms with van der Waals surface area (Å²) in [5.74, 6) is 2.66. The summed E-state index contributed by atoms with van der Waals surface area (Å²) in [6.07, 6.45) is 12.7. The Kier molecular flexibility index (Phi) is 13.2. The maximum atomic E-state index is 9.85. The number of rotatable bonds is 17. The Morgan fingerprint density at radius 1 is 1.00 bits per heavy atom. The lowest BCUT2D eigenvalue weighted by Crippen LogP contribution is -2.64. The Bertz CT molecular complexity index is 1540. The normalized spacial score (nSPS) is 29.0. The summed E-state index contributed by atoms with van der Waals surface area (Å²) in [7, 11) is 0. The van der Waals surface area contributed by atoms with Gasteiger partial charge in [-0.1, -0.05) is 43.1 Å². The third-order valence-corrected chi connectivity index (χ3v) is 12.4. The molecule has 1 saturated carbocycles. The highest BCUT2D eigenvalue weighted by Crippen LogP contribution is 2.62. The van der Waals surface area contributed by atoms with Crippen LogP contribution in [0.3, 0.4) is 0 Å². The van der Waals surface area contributed by atoms with Crippen LogP contribution >= 0.6 is 11.8 Å². The molecule has 0 amide bonds. The number of aliphatic hydroxyl groups excluding tert-OH is 2. The topological polar surface area (TPSA) is 99.0 Å². The van der Waals surface area contributed by atoms with Crippen molar-refractivity contribution in [1.29, 1.82) is 0 Å². The Morgan fingerprint density at radius 3 is 2.51 bits per heavy atom. The van der Waals surface area contributed by atoms with Crippen molar-refractivity contribution in [1.82, 2.24) is 0 Å². The quantitative estimate of drug-likeness (QED) is 0.0950. The molecule has 7 atom stereocenters. The molecule has 9 heteroatoms. The van der Waals surface area contributed by atoms with Gasteiger partial charge in [-0.05, 0) is 117 Å². The molecule has 2 N–H and O–H groups in total. The first-order valence-electron chi connectivity index (χ1n) is 19.1. The summed E-state index contributed by atoms with van der Waals surface area (Å²) in [5, 5.41) is 24.5. The number of unbranched alkanes of at least 4 members (excludes halogenated alkanes) is 2. The van der Waals surface area contributed by atoms with E-state index in [4.69, 9.17) is 28.9 Å². The van der Waals surface area contributed by atoms with Crippen molar-refractivity contribution >= 4 is 17.5 Å². The molecule has 2 aliphatic heterocycles. The molecule has 0 radical (unpaired) electrons. The Hall–Kier alpha value is -2.82. The van der Waals surface area contributed by atoms with E-state index < -0.39 is 5.79 Å². The van der Waals surface area contributed by atoms with Crippen LogP contribution in [0.5, 0.6) is 17.2 Å². The number of thioether (sulfide) groups is 1. The van der Waals surface area contributed by atoms with Crippen molar-refractivity contribution in [3.05, 3.63) is 77.4 Å². The lowest BCUT2D eigenvalue weighted by Gasteiger charge is -2.58. The zero-order valence-corrected chi connectivity index (χ0v) is 31.5. The molecular weight excluding hydrogens is 663 g/mol. The van der Waals surface area contributed by atoms with E-state index >= 15 is 0 Å². The lowest BCUT2D eigenvalue weighted by atomic mass is 9.56. The number of ether oxygens (including phenoxy) is 4. The summed E-state index contributed by atoms with van der Waals surface area (Å²) in [5.41, 5.74) is 5.60. The van der Waals surface area contributed by atoms with E-state index in [0.29, 0.717) is 19.6 Å². The third kappa shape index (κ3) is 8.38. The van der Waals surface area contributed by atoms with Gasteiger partial charge in [0.25, 0.3) is 0 Å². The molecule has 8 nitrogen and oxygen atoms in total. The molecular formula is C42H57NO7S. The van der Waals surface area contributed by atoms with Crippen LogP contribution in [-0.2, 0) is 14.3 Å². The van der Waals surface area contributed by atoms with E-state index in [1.54, 1.807) is 0 Å². The van der Waals surface area contributed by atoms with Crippen LogP contribution in [0.1, 0.15) is 93.7 Å². The second-order valence-corrected chi connectivity index (χ2v) is 15.9. The summed E-state index contributed by atoms with van der Waals surface area (Å²) < 4.78 is 26.7. The Balaban J connectivity index is 1.51. The minimum Gasteiger partial charge on any atom is -0.460 e. The van der Waals surface area contributed by atoms with Gasteiger partial charge in [-0.25, -0.2) is 0 Å². The molecule has 2 aliphatic carbocycles. The molecule has 7 unspecified atom stereocenters. The molecule has 2 aromatic rings. The largest absolute Gasteiger partial charge is 0.460 e. The van der Waals surface area contributed by atoms with E-state index in [9.17, 15) is 10.2 Å². The van der Waals surface area contributed by atoms with Crippen molar-refractivity contribution in [2.45, 2.75) is 108 Å². The third-order valence-electron chi connectivity index (χ3n) is 11.1. The fraction of sp³-hybridized carbons (Fsp3) is 0.595. The van der Waals surface area contributed by atoms with E-state index in [1.807, 2.05) is 30.0 Å². The first kappa shape index (κ1) is 37.9. The summed E-state index contributed by atoms with van der Waals surface area (Å²) in [6, 6.07) is 12.4. The average Bonchev–Trinajstić information content (AvgIpc) is 3.14. The number of hydrogen-bond donors (Lipinski definition) is 2. The first-order valence-corrected chi connectivity index (χ1v) is 20.2. The van der Waals surface area contributed by atoms with Gasteiger partial charge in [0.05, 0.1) is 30.1 Å². The molecule has 51 heavy (non-hydrogen) atoms. The second-order valence-electron chi connectivity index (χ2n) is 14.5. The minimum absolute atomic E-state index is 0.0241. The number of allylic oxidation sites excluding steroid dienone is 1. The summed E-state index contributed by atoms with van der Waals surface area (Å²) >= 11 is 1.85. The molecule has 6 rings (SSSR count). The summed E-state index contributed by atoms with van der Waals surface area (Å²) in [4.78, 5) is 6.18. The number of nitrogens with zero attached hydrogens (tertiary/aromatic N) is 1. The highest BCUT2D eigenvalue weighted by molar-refractivity contribution is 8.00. The number of fused-ring (bicyclic) bond motifs is 2. The highest BCUT2D eigenvalue weighted by atomic mass is 32.2. The van der Waals surface area contributed by atoms with E-state index in [0.717, 1.165) is 97.6 Å². The van der Waals surface area contributed by atoms with Crippen molar-refractivity contribution in [3.63, 3.8) is 0 Å². The van der Waals surface area contributed by atoms with Gasteiger partial charge in [-0.2, -0.15) is 11.8 Å². The van der Waals surface area contributed by atoms with Gasteiger partial charge < -0.3 is 34.0 Å². The molecule has 1 saturated heterocycles. The molecule has 4 aliphatic rings. The zero-order chi connectivity index (χ0) is 35.8. The van der Waals surface area contributed by atoms with Gasteiger partial charge in [-0.3, -0.25) is 0 Å². The van der Waals surface area contributed by atoms with Gasteiger partial charge in [0, 0.05) is 37.5 Å². The minimum atomic E-state index is -0.958. The standard InChI is InChI=1S/C42H57NO7S/c1-5-22-47-42-38(51-6-2)27-36(43-50-39-15-9-12-23-46-39)34-25-30(13-7-10-20-44)33(14-8-11-21-45)40(41(34)42)35-26-32(18-19-37(35)49-42)48-31-17-16-28(3)29(4)24-31/h5,16-19,24-26,30,33,38-41,44-45H,1,6-15,20-23,27H2,2-4H3. The molecule has 0 bridgehead atoms. The lowest BCUT2D eigenvalue weighted by molar-refractivity contribution is -0.223. The second kappa shape index (κ2) is 17.8. The molecule has 2 aromatic carbocycles. The van der Waals surface area contributed by atoms with E-state index in [1.165, 1.54) is 11.1 Å². The van der Waals surface area contributed by atoms with Gasteiger partial charge in [-0.15, -0.1) is 6.58 Å². The number of aryl methyl sites for hydroxylation is 2. The van der Waals surface area contributed by atoms with Crippen molar-refractivity contribution < 1.29 is 34.0 Å². The number of benzene rings is 2. The van der Waals surface area contributed by atoms with Gasteiger partial charge >= 0.3 is 0 Å². The SMILES string of the molecule is C=CCOC12Oc3ccc(Oc4ccc(C)c(C)c4)cc3C3C(CCCCO)C(CCCCO)C=C(C(=NOC4CCCCO4)CC1SCC)C32. The van der Waals surface area contributed by atoms with E-state index in [2.05, 4.69) is 57.7 Å². The Labute approximate surface area is 308 Å². The zero-order valence-electron chi connectivity index (χ0n) is 30.7. The van der Waals surface area contributed by atoms with Gasteiger partial charge in [0.2, 0.25) is 12.1 Å². The van der Waals surface area contributed by atoms with Crippen LogP contribution in [0.4, 0.5) is 0 Å². The maximum absolute atomic E-state index is 9.85. The van der Waals surface area contributed by atoms with Gasteiger partial charge in [0.15, 0.2) is 0 Å². The Morgan fingerprint density at radius 2 is 1.78 bits per heavy atom. The van der Waals surface area contributed by atoms with Crippen molar-refractivity contribution in [2.24, 2.45) is 22.9 Å². The molecule has 278 valence electrons. The number of hydrogen-bond acceptors (Lipinski definition) is 9. The molecule has 0 aromatic heterocycles. The van der Waals surface area contributed by atoms with E-state index in [-0.39, 0.29) is 48.4 Å². The van der Waals surface area contributed by atoms with Crippen LogP contribution in [-0.4, -0.2) is 65.4 Å². The molecule has 2 heterocycles. The average molecular weight is 720 g/mol. The fourth-order valence-electron chi connectivity index (χ4n) is 8.57. The number of aliphatic hydroxyl groups is 2. The number of oxime groups is 1. The fourth-order valence-corrected chi connectivity index (χ4v) is 9.74. The predicted molar refractivity (Wildman–Crippen MR) is 204 cm³/mol. The molecule has 0 spiro atoms. The maximum Gasteiger partial charge on any atom is 0.230 e. The van der Waals surface area contributed by atoms with Crippen LogP contribution in [0.15, 0.2) is 65.9 Å². The van der Waals surface area contributed by atoms with Crippen LogP contribution < -0.4 is 9.47 Å². The first-order chi connectivity index (χ1) is 24.9. The monoisotopic (exact) mass is 719 g/mol. The highest BCUT2D eigenvalue weighted by Gasteiger charge is 2.63.